The smallest absolute Gasteiger partial charge is 0.282 e. The number of benzene rings is 3. The molecule has 0 bridgehead atoms. The van der Waals surface area contributed by atoms with Crippen LogP contribution in [-0.2, 0) is 10.0 Å². The van der Waals surface area contributed by atoms with Crippen LogP contribution in [0.1, 0.15) is 31.8 Å². The maximum absolute atomic E-state index is 13.3. The molecule has 2 amide bonds. The lowest BCUT2D eigenvalue weighted by molar-refractivity contribution is -0.384. The molecule has 0 aromatic heterocycles. The van der Waals surface area contributed by atoms with Crippen molar-refractivity contribution in [3.05, 3.63) is 136 Å². The van der Waals surface area contributed by atoms with Gasteiger partial charge in [-0.2, -0.15) is 0 Å². The number of allylic oxidation sites excluding steroid dienone is 2. The van der Waals surface area contributed by atoms with Gasteiger partial charge in [0.1, 0.15) is 0 Å². The van der Waals surface area contributed by atoms with E-state index in [4.69, 9.17) is 0 Å². The first-order chi connectivity index (χ1) is 18.2. The molecule has 11 heteroatoms. The number of carbonyl (C=O) groups excluding carboxylic acids is 2. The highest BCUT2D eigenvalue weighted by atomic mass is 32.2. The van der Waals surface area contributed by atoms with Gasteiger partial charge in [0.2, 0.25) is 0 Å². The van der Waals surface area contributed by atoms with Crippen LogP contribution >= 0.6 is 0 Å². The van der Waals surface area contributed by atoms with E-state index in [1.807, 2.05) is 35.1 Å². The zero-order chi connectivity index (χ0) is 27.2. The van der Waals surface area contributed by atoms with Gasteiger partial charge in [-0.1, -0.05) is 36.1 Å². The summed E-state index contributed by atoms with van der Waals surface area (Å²) in [6, 6.07) is 20.0. The van der Waals surface area contributed by atoms with Crippen LogP contribution in [-0.4, -0.2) is 30.2 Å². The van der Waals surface area contributed by atoms with Gasteiger partial charge < -0.3 is 10.6 Å². The van der Waals surface area contributed by atoms with E-state index in [-0.39, 0.29) is 16.8 Å². The van der Waals surface area contributed by atoms with Crippen LogP contribution in [0, 0.1) is 22.0 Å². The molecule has 38 heavy (non-hydrogen) atoms. The minimum atomic E-state index is -4.61. The molecule has 190 valence electrons. The third kappa shape index (κ3) is 5.77. The van der Waals surface area contributed by atoms with Crippen LogP contribution in [0.4, 0.5) is 5.69 Å². The van der Waals surface area contributed by atoms with E-state index in [0.29, 0.717) is 5.56 Å². The summed E-state index contributed by atoms with van der Waals surface area (Å²) in [6.07, 6.45) is 5.39. The number of rotatable bonds is 6. The molecule has 1 aliphatic heterocycles. The second-order valence-electron chi connectivity index (χ2n) is 7.98. The van der Waals surface area contributed by atoms with Gasteiger partial charge in [-0.05, 0) is 66.9 Å². The summed E-state index contributed by atoms with van der Waals surface area (Å²) >= 11 is 0. The minimum absolute atomic E-state index is 0.122. The largest absolute Gasteiger partial charge is 0.352 e. The van der Waals surface area contributed by atoms with Crippen molar-refractivity contribution in [1.29, 1.82) is 0 Å². The van der Waals surface area contributed by atoms with Crippen molar-refractivity contribution in [2.45, 2.75) is 4.99 Å². The summed E-state index contributed by atoms with van der Waals surface area (Å²) in [4.78, 5) is 33.6. The Hall–Kier alpha value is -5.21. The highest BCUT2D eigenvalue weighted by Crippen LogP contribution is 2.18. The number of nitrogens with one attached hydrogen (secondary N) is 3. The van der Waals surface area contributed by atoms with Crippen molar-refractivity contribution in [3.63, 3.8) is 0 Å². The lowest BCUT2D eigenvalue weighted by Gasteiger charge is -2.32. The van der Waals surface area contributed by atoms with Gasteiger partial charge in [-0.25, -0.2) is 13.1 Å². The van der Waals surface area contributed by atoms with Gasteiger partial charge in [0.05, 0.1) is 4.92 Å². The molecule has 10 nitrogen and oxygen atoms in total. The van der Waals surface area contributed by atoms with Crippen molar-refractivity contribution in [3.8, 4) is 11.8 Å². The standard InChI is InChI=1S/C27H20N4O6S/c32-25(22-12-10-21(11-13-22)9-8-20-6-2-1-3-7-20)29-27(18-4-5-19-28-27)38(36,37)30-26(33)23-14-16-24(17-15-23)31(34)35/h1-7,10-19,28H,(H,29,32)(H,30,33). The second-order valence-corrected chi connectivity index (χ2v) is 9.84. The summed E-state index contributed by atoms with van der Waals surface area (Å²) in [6.45, 7) is 0. The fraction of sp³-hybridized carbons (Fsp3) is 0.0370. The zero-order valence-electron chi connectivity index (χ0n) is 19.6. The number of dihydropyridines is 1. The molecule has 4 rings (SSSR count). The van der Waals surface area contributed by atoms with Crippen LogP contribution in [0.2, 0.25) is 0 Å². The molecule has 1 atom stereocenters. The van der Waals surface area contributed by atoms with Gasteiger partial charge in [0, 0.05) is 34.4 Å². The van der Waals surface area contributed by atoms with Crippen LogP contribution in [0.25, 0.3) is 0 Å². The van der Waals surface area contributed by atoms with Gasteiger partial charge in [0.25, 0.3) is 32.5 Å². The summed E-state index contributed by atoms with van der Waals surface area (Å²) < 4.78 is 28.5. The Balaban J connectivity index is 1.52. The average molecular weight is 529 g/mol. The van der Waals surface area contributed by atoms with Crippen molar-refractivity contribution in [2.75, 3.05) is 0 Å². The van der Waals surface area contributed by atoms with Gasteiger partial charge >= 0.3 is 0 Å². The topological polar surface area (TPSA) is 148 Å². The van der Waals surface area contributed by atoms with Crippen LogP contribution in [0.15, 0.2) is 103 Å². The molecule has 3 aromatic carbocycles. The molecule has 1 unspecified atom stereocenters. The Morgan fingerprint density at radius 3 is 1.97 bits per heavy atom. The third-order valence-electron chi connectivity index (χ3n) is 5.40. The van der Waals surface area contributed by atoms with Crippen molar-refractivity contribution in [2.24, 2.45) is 0 Å². The monoisotopic (exact) mass is 528 g/mol. The first-order valence-electron chi connectivity index (χ1n) is 11.1. The Morgan fingerprint density at radius 1 is 0.816 bits per heavy atom. The normalized spacial score (nSPS) is 15.9. The summed E-state index contributed by atoms with van der Waals surface area (Å²) in [5.74, 6) is 4.25. The molecule has 0 aliphatic carbocycles. The lowest BCUT2D eigenvalue weighted by atomic mass is 10.1. The van der Waals surface area contributed by atoms with E-state index in [0.717, 1.165) is 29.8 Å². The Labute approximate surface area is 218 Å². The molecule has 0 radical (unpaired) electrons. The van der Waals surface area contributed by atoms with Crippen molar-refractivity contribution >= 4 is 27.5 Å². The molecule has 1 heterocycles. The molecular weight excluding hydrogens is 508 g/mol. The van der Waals surface area contributed by atoms with E-state index in [9.17, 15) is 28.1 Å². The first-order valence-corrected chi connectivity index (χ1v) is 12.6. The number of sulfonamides is 1. The number of non-ortho nitro benzene ring substituents is 1. The lowest BCUT2D eigenvalue weighted by Crippen LogP contribution is -2.65. The molecule has 0 saturated carbocycles. The van der Waals surface area contributed by atoms with Gasteiger partial charge in [0.15, 0.2) is 0 Å². The number of nitrogens with zero attached hydrogens (tertiary/aromatic N) is 1. The SMILES string of the molecule is O=C(NC1(S(=O)(=O)NC(=O)c2ccc([N+](=O)[O-])cc2)C=CC=CN1)c1ccc(C#Cc2ccccc2)cc1. The number of amides is 2. The van der Waals surface area contributed by atoms with Crippen molar-refractivity contribution in [1.82, 2.24) is 15.4 Å². The van der Waals surface area contributed by atoms with Crippen LogP contribution in [0.3, 0.4) is 0 Å². The van der Waals surface area contributed by atoms with E-state index < -0.39 is 31.8 Å². The summed E-state index contributed by atoms with van der Waals surface area (Å²) in [7, 11) is -4.61. The summed E-state index contributed by atoms with van der Waals surface area (Å²) in [5.41, 5.74) is 1.27. The summed E-state index contributed by atoms with van der Waals surface area (Å²) in [5, 5.41) is 15.9. The molecule has 1 aliphatic rings. The maximum Gasteiger partial charge on any atom is 0.282 e. The van der Waals surface area contributed by atoms with E-state index in [1.165, 1.54) is 36.6 Å². The number of carbonyl (C=O) groups is 2. The molecule has 0 spiro atoms. The molecule has 3 N–H and O–H groups in total. The third-order valence-corrected chi connectivity index (χ3v) is 7.06. The molecule has 0 saturated heterocycles. The Morgan fingerprint density at radius 2 is 1.39 bits per heavy atom. The number of hydrogen-bond acceptors (Lipinski definition) is 7. The average Bonchev–Trinajstić information content (AvgIpc) is 2.93. The highest BCUT2D eigenvalue weighted by molar-refractivity contribution is 7.91. The Kier molecular flexibility index (Phi) is 7.36. The predicted octanol–water partition coefficient (Wildman–Crippen LogP) is 2.81. The first kappa shape index (κ1) is 25.9. The number of nitro benzene ring substituents is 1. The van der Waals surface area contributed by atoms with Crippen LogP contribution < -0.4 is 15.4 Å². The Bertz CT molecular complexity index is 1600. The molecule has 0 fully saturated rings. The maximum atomic E-state index is 13.3. The predicted molar refractivity (Wildman–Crippen MR) is 140 cm³/mol. The minimum Gasteiger partial charge on any atom is -0.352 e. The van der Waals surface area contributed by atoms with E-state index in [2.05, 4.69) is 22.5 Å². The fourth-order valence-electron chi connectivity index (χ4n) is 3.39. The molecule has 3 aromatic rings. The van der Waals surface area contributed by atoms with E-state index in [1.54, 1.807) is 12.1 Å². The quantitative estimate of drug-likeness (QED) is 0.253. The molecular formula is C27H20N4O6S. The van der Waals surface area contributed by atoms with Crippen LogP contribution in [0.5, 0.6) is 0 Å². The number of hydrogen-bond donors (Lipinski definition) is 3. The van der Waals surface area contributed by atoms with Crippen molar-refractivity contribution < 1.29 is 22.9 Å². The van der Waals surface area contributed by atoms with Gasteiger partial charge in [-0.15, -0.1) is 0 Å². The number of nitro groups is 1. The fourth-order valence-corrected chi connectivity index (χ4v) is 4.62. The zero-order valence-corrected chi connectivity index (χ0v) is 20.4. The highest BCUT2D eigenvalue weighted by Gasteiger charge is 2.44. The van der Waals surface area contributed by atoms with E-state index >= 15 is 0 Å². The second kappa shape index (κ2) is 10.8. The van der Waals surface area contributed by atoms with Gasteiger partial charge in [-0.3, -0.25) is 19.7 Å².